The molecule has 10 nitrogen and oxygen atoms in total. The number of aromatic nitrogens is 5. The highest BCUT2D eigenvalue weighted by Crippen LogP contribution is 2.32. The number of methoxy groups -OCH3 is 1. The van der Waals surface area contributed by atoms with E-state index in [1.165, 1.54) is 24.4 Å². The lowest BCUT2D eigenvalue weighted by Gasteiger charge is -2.20. The Morgan fingerprint density at radius 2 is 1.94 bits per heavy atom. The standard InChI is InChI=1S/C24H27FN8O2/c1-13-10-32-12-17(21(35-3)20(25)23(32)26-13)29-24(34)19-7-6-18(22-27-14(2)30-33(19)22)31-9-8-16(11-31)28-15-4-5-15/h6-7,10,12,15-16,28H,4-5,8-9,11H2,1-3H3,(H,29,34)/t16-/m1/s1. The van der Waals surface area contributed by atoms with Crippen LogP contribution in [0.25, 0.3) is 11.3 Å². The highest BCUT2D eigenvalue weighted by atomic mass is 19.1. The minimum Gasteiger partial charge on any atom is -0.491 e. The quantitative estimate of drug-likeness (QED) is 0.439. The van der Waals surface area contributed by atoms with Gasteiger partial charge in [0.25, 0.3) is 5.91 Å². The minimum absolute atomic E-state index is 0.0784. The molecular weight excluding hydrogens is 451 g/mol. The summed E-state index contributed by atoms with van der Waals surface area (Å²) < 4.78 is 23.3. The van der Waals surface area contributed by atoms with Crippen LogP contribution in [0.1, 0.15) is 41.3 Å². The molecule has 0 aromatic carbocycles. The van der Waals surface area contributed by atoms with E-state index < -0.39 is 11.7 Å². The van der Waals surface area contributed by atoms with Crippen molar-refractivity contribution in [3.05, 3.63) is 47.6 Å². The molecule has 4 aromatic heterocycles. The summed E-state index contributed by atoms with van der Waals surface area (Å²) in [6.07, 6.45) is 6.86. The smallest absolute Gasteiger partial charge is 0.274 e. The fourth-order valence-corrected chi connectivity index (χ4v) is 4.84. The molecule has 35 heavy (non-hydrogen) atoms. The maximum Gasteiger partial charge on any atom is 0.274 e. The number of carbonyl (C=O) groups is 1. The van der Waals surface area contributed by atoms with Gasteiger partial charge in [0.2, 0.25) is 5.82 Å². The number of rotatable bonds is 6. The van der Waals surface area contributed by atoms with Gasteiger partial charge in [0.15, 0.2) is 17.0 Å². The summed E-state index contributed by atoms with van der Waals surface area (Å²) in [4.78, 5) is 24.4. The van der Waals surface area contributed by atoms with Gasteiger partial charge < -0.3 is 24.7 Å². The Bertz CT molecular complexity index is 1460. The van der Waals surface area contributed by atoms with Crippen molar-refractivity contribution in [1.29, 1.82) is 0 Å². The number of pyridine rings is 2. The molecule has 5 heterocycles. The zero-order valence-electron chi connectivity index (χ0n) is 19.9. The van der Waals surface area contributed by atoms with Crippen molar-refractivity contribution in [3.63, 3.8) is 0 Å². The van der Waals surface area contributed by atoms with Gasteiger partial charge in [-0.25, -0.2) is 14.5 Å². The molecule has 1 saturated carbocycles. The monoisotopic (exact) mass is 478 g/mol. The van der Waals surface area contributed by atoms with Gasteiger partial charge >= 0.3 is 0 Å². The SMILES string of the molecule is COc1c(NC(=O)c2ccc(N3CC[C@@H](NC4CC4)C3)c3nc(C)nn23)cn2cc(C)nc2c1F. The fourth-order valence-electron chi connectivity index (χ4n) is 4.84. The van der Waals surface area contributed by atoms with Crippen LogP contribution in [0.15, 0.2) is 24.5 Å². The van der Waals surface area contributed by atoms with Gasteiger partial charge in [-0.05, 0) is 45.2 Å². The Morgan fingerprint density at radius 1 is 1.11 bits per heavy atom. The van der Waals surface area contributed by atoms with E-state index in [0.29, 0.717) is 34.9 Å². The van der Waals surface area contributed by atoms with Crippen molar-refractivity contribution >= 4 is 28.6 Å². The third-order valence-electron chi connectivity index (χ3n) is 6.59. The first-order chi connectivity index (χ1) is 16.9. The van der Waals surface area contributed by atoms with E-state index in [1.54, 1.807) is 36.8 Å². The van der Waals surface area contributed by atoms with Crippen LogP contribution in [0.5, 0.6) is 5.75 Å². The Hall–Kier alpha value is -3.73. The van der Waals surface area contributed by atoms with Crippen molar-refractivity contribution in [2.45, 2.75) is 45.2 Å². The summed E-state index contributed by atoms with van der Waals surface area (Å²) in [6, 6.07) is 4.76. The van der Waals surface area contributed by atoms with Crippen molar-refractivity contribution < 1.29 is 13.9 Å². The Kier molecular flexibility index (Phi) is 5.10. The molecule has 2 N–H and O–H groups in total. The third-order valence-corrected chi connectivity index (χ3v) is 6.59. The largest absolute Gasteiger partial charge is 0.491 e. The van der Waals surface area contributed by atoms with E-state index in [1.807, 2.05) is 6.07 Å². The Labute approximate surface area is 201 Å². The lowest BCUT2D eigenvalue weighted by molar-refractivity contribution is 0.101. The molecule has 182 valence electrons. The summed E-state index contributed by atoms with van der Waals surface area (Å²) in [5, 5.41) is 11.0. The molecule has 11 heteroatoms. The predicted molar refractivity (Wildman–Crippen MR) is 129 cm³/mol. The number of nitrogens with one attached hydrogen (secondary N) is 2. The average Bonchev–Trinajstić information content (AvgIpc) is 3.18. The number of carbonyl (C=O) groups excluding carboxylic acids is 1. The van der Waals surface area contributed by atoms with Gasteiger partial charge in [0.1, 0.15) is 17.2 Å². The van der Waals surface area contributed by atoms with Crippen LogP contribution in [0.3, 0.4) is 0 Å². The molecule has 0 radical (unpaired) electrons. The highest BCUT2D eigenvalue weighted by molar-refractivity contribution is 6.04. The van der Waals surface area contributed by atoms with Gasteiger partial charge in [-0.2, -0.15) is 9.49 Å². The topological polar surface area (TPSA) is 101 Å². The van der Waals surface area contributed by atoms with E-state index in [9.17, 15) is 9.18 Å². The maximum absolute atomic E-state index is 15.0. The molecular formula is C24H27FN8O2. The number of imidazole rings is 1. The number of halogens is 1. The molecule has 2 aliphatic rings. The van der Waals surface area contributed by atoms with Crippen LogP contribution >= 0.6 is 0 Å². The van der Waals surface area contributed by atoms with Crippen LogP contribution in [0, 0.1) is 19.7 Å². The molecule has 1 amide bonds. The Balaban J connectivity index is 1.32. The van der Waals surface area contributed by atoms with E-state index in [-0.39, 0.29) is 17.1 Å². The summed E-state index contributed by atoms with van der Waals surface area (Å²) in [5.74, 6) is -0.600. The molecule has 0 unspecified atom stereocenters. The maximum atomic E-state index is 15.0. The Morgan fingerprint density at radius 3 is 2.71 bits per heavy atom. The first-order valence-electron chi connectivity index (χ1n) is 11.8. The van der Waals surface area contributed by atoms with Gasteiger partial charge in [-0.3, -0.25) is 4.79 Å². The molecule has 0 spiro atoms. The molecule has 1 atom stereocenters. The van der Waals surface area contributed by atoms with Crippen LogP contribution in [0.2, 0.25) is 0 Å². The number of fused-ring (bicyclic) bond motifs is 2. The predicted octanol–water partition coefficient (Wildman–Crippen LogP) is 2.72. The van der Waals surface area contributed by atoms with Crippen LogP contribution < -0.4 is 20.3 Å². The van der Waals surface area contributed by atoms with Gasteiger partial charge in [-0.15, -0.1) is 0 Å². The zero-order chi connectivity index (χ0) is 24.3. The minimum atomic E-state index is -0.640. The summed E-state index contributed by atoms with van der Waals surface area (Å²) in [5.41, 5.74) is 2.85. The van der Waals surface area contributed by atoms with Crippen molar-refractivity contribution in [2.24, 2.45) is 0 Å². The van der Waals surface area contributed by atoms with Gasteiger partial charge in [0.05, 0.1) is 18.5 Å². The van der Waals surface area contributed by atoms with E-state index in [0.717, 1.165) is 25.2 Å². The van der Waals surface area contributed by atoms with E-state index >= 15 is 0 Å². The second-order valence-corrected chi connectivity index (χ2v) is 9.33. The average molecular weight is 479 g/mol. The number of ether oxygens (including phenoxy) is 1. The second-order valence-electron chi connectivity index (χ2n) is 9.33. The van der Waals surface area contributed by atoms with E-state index in [4.69, 9.17) is 4.74 Å². The summed E-state index contributed by atoms with van der Waals surface area (Å²) in [7, 11) is 1.36. The molecule has 4 aromatic rings. The molecule has 0 bridgehead atoms. The van der Waals surface area contributed by atoms with Crippen molar-refractivity contribution in [1.82, 2.24) is 29.3 Å². The third kappa shape index (κ3) is 3.85. The van der Waals surface area contributed by atoms with Crippen LogP contribution in [-0.4, -0.2) is 62.2 Å². The summed E-state index contributed by atoms with van der Waals surface area (Å²) in [6.45, 7) is 5.38. The number of nitrogens with zero attached hydrogens (tertiary/aromatic N) is 6. The lowest BCUT2D eigenvalue weighted by atomic mass is 10.2. The number of anilines is 2. The van der Waals surface area contributed by atoms with Crippen molar-refractivity contribution in [3.8, 4) is 5.75 Å². The normalized spacial score (nSPS) is 18.1. The number of aryl methyl sites for hydroxylation is 2. The van der Waals surface area contributed by atoms with Crippen LogP contribution in [0.4, 0.5) is 15.8 Å². The molecule has 1 aliphatic carbocycles. The molecule has 2 fully saturated rings. The number of amides is 1. The highest BCUT2D eigenvalue weighted by Gasteiger charge is 2.31. The molecule has 6 rings (SSSR count). The van der Waals surface area contributed by atoms with Crippen LogP contribution in [-0.2, 0) is 0 Å². The zero-order valence-corrected chi connectivity index (χ0v) is 19.9. The van der Waals surface area contributed by atoms with Gasteiger partial charge in [0, 0.05) is 37.6 Å². The molecule has 1 saturated heterocycles. The lowest BCUT2D eigenvalue weighted by Crippen LogP contribution is -2.34. The summed E-state index contributed by atoms with van der Waals surface area (Å²) >= 11 is 0. The first-order valence-corrected chi connectivity index (χ1v) is 11.8. The van der Waals surface area contributed by atoms with Gasteiger partial charge in [-0.1, -0.05) is 0 Å². The first kappa shape index (κ1) is 21.8. The van der Waals surface area contributed by atoms with Crippen molar-refractivity contribution in [2.75, 3.05) is 30.4 Å². The number of hydrogen-bond acceptors (Lipinski definition) is 7. The fraction of sp³-hybridized carbons (Fsp3) is 0.417. The van der Waals surface area contributed by atoms with E-state index in [2.05, 4.69) is 30.6 Å². The second kappa shape index (κ2) is 8.19. The number of hydrogen-bond donors (Lipinski definition) is 2. The molecule has 1 aliphatic heterocycles.